The first-order chi connectivity index (χ1) is 7.93. The number of nitrogens with one attached hydrogen (secondary N) is 1. The van der Waals surface area contributed by atoms with E-state index in [1.807, 2.05) is 12.3 Å². The Hall–Kier alpha value is -0.990. The first kappa shape index (κ1) is 14.1. The third-order valence-electron chi connectivity index (χ3n) is 2.20. The predicted molar refractivity (Wildman–Crippen MR) is 66.3 cm³/mol. The van der Waals surface area contributed by atoms with E-state index in [4.69, 9.17) is 5.84 Å². The summed E-state index contributed by atoms with van der Waals surface area (Å²) in [5.41, 5.74) is 2.61. The highest BCUT2D eigenvalue weighted by Crippen LogP contribution is 2.21. The quantitative estimate of drug-likeness (QED) is 0.456. The van der Waals surface area contributed by atoms with Gasteiger partial charge in [-0.2, -0.15) is 0 Å². The van der Waals surface area contributed by atoms with Crippen molar-refractivity contribution in [1.82, 2.24) is 10.4 Å². The molecule has 0 atom stereocenters. The summed E-state index contributed by atoms with van der Waals surface area (Å²) in [6.45, 7) is 3.43. The fraction of sp³-hybridized carbons (Fsp3) is 0.556. The molecule has 8 heteroatoms. The number of thiazole rings is 1. The molecule has 3 N–H and O–H groups in total. The normalized spacial score (nSPS) is 11.5. The third-order valence-corrected chi connectivity index (χ3v) is 5.07. The van der Waals surface area contributed by atoms with E-state index in [-0.39, 0.29) is 11.5 Å². The molecule has 0 aliphatic carbocycles. The van der Waals surface area contributed by atoms with E-state index in [1.54, 1.807) is 6.92 Å². The number of aromatic nitrogens is 1. The van der Waals surface area contributed by atoms with Crippen LogP contribution >= 0.6 is 11.3 Å². The molecule has 0 aliphatic heterocycles. The smallest absolute Gasteiger partial charge is 0.277 e. The molecule has 0 bridgehead atoms. The van der Waals surface area contributed by atoms with E-state index in [9.17, 15) is 13.2 Å². The lowest BCUT2D eigenvalue weighted by Gasteiger charge is -1.96. The van der Waals surface area contributed by atoms with E-state index in [0.29, 0.717) is 22.0 Å². The van der Waals surface area contributed by atoms with Crippen LogP contribution in [0.15, 0.2) is 0 Å². The molecule has 0 fully saturated rings. The van der Waals surface area contributed by atoms with Gasteiger partial charge in [0.1, 0.15) is 15.6 Å². The zero-order valence-corrected chi connectivity index (χ0v) is 11.3. The molecule has 6 nitrogen and oxygen atoms in total. The van der Waals surface area contributed by atoms with Crippen LogP contribution in [0, 0.1) is 0 Å². The first-order valence-electron chi connectivity index (χ1n) is 5.13. The number of hydrogen-bond donors (Lipinski definition) is 2. The zero-order chi connectivity index (χ0) is 13.1. The average molecular weight is 277 g/mol. The molecule has 1 rings (SSSR count). The monoisotopic (exact) mass is 277 g/mol. The van der Waals surface area contributed by atoms with E-state index in [0.717, 1.165) is 11.3 Å². The van der Waals surface area contributed by atoms with Crippen molar-refractivity contribution in [1.29, 1.82) is 0 Å². The zero-order valence-electron chi connectivity index (χ0n) is 9.69. The van der Waals surface area contributed by atoms with Crippen LogP contribution in [0.4, 0.5) is 0 Å². The number of hydrogen-bond acceptors (Lipinski definition) is 6. The number of rotatable bonds is 5. The highest BCUT2D eigenvalue weighted by molar-refractivity contribution is 7.90. The fourth-order valence-electron chi connectivity index (χ4n) is 1.24. The minimum atomic E-state index is -3.13. The number of sulfone groups is 1. The summed E-state index contributed by atoms with van der Waals surface area (Å²) in [6, 6.07) is 0. The number of carbonyl (C=O) groups is 1. The molecule has 96 valence electrons. The van der Waals surface area contributed by atoms with E-state index in [2.05, 4.69) is 4.98 Å². The first-order valence-corrected chi connectivity index (χ1v) is 7.77. The SMILES string of the molecule is CCc1nc(CS(=O)(=O)CC)sc1C(=O)NN. The van der Waals surface area contributed by atoms with Crippen molar-refractivity contribution in [3.05, 3.63) is 15.6 Å². The van der Waals surface area contributed by atoms with Crippen molar-refractivity contribution < 1.29 is 13.2 Å². The summed E-state index contributed by atoms with van der Waals surface area (Å²) in [6.07, 6.45) is 0.561. The van der Waals surface area contributed by atoms with E-state index < -0.39 is 15.7 Å². The number of hydrazine groups is 1. The Morgan fingerprint density at radius 1 is 1.47 bits per heavy atom. The van der Waals surface area contributed by atoms with Crippen molar-refractivity contribution >= 4 is 27.1 Å². The maximum Gasteiger partial charge on any atom is 0.277 e. The van der Waals surface area contributed by atoms with Gasteiger partial charge >= 0.3 is 0 Å². The minimum Gasteiger partial charge on any atom is -0.289 e. The van der Waals surface area contributed by atoms with Crippen LogP contribution in [0.5, 0.6) is 0 Å². The summed E-state index contributed by atoms with van der Waals surface area (Å²) in [7, 11) is -3.13. The predicted octanol–water partition coefficient (Wildman–Crippen LogP) is 0.244. The van der Waals surface area contributed by atoms with Crippen LogP contribution in [-0.4, -0.2) is 25.1 Å². The standard InChI is InChI=1S/C9H15N3O3S2/c1-3-6-8(9(13)12-10)16-7(11-6)5-17(14,15)4-2/h3-5,10H2,1-2H3,(H,12,13). The molecular formula is C9H15N3O3S2. The molecule has 1 amide bonds. The van der Waals surface area contributed by atoms with E-state index in [1.165, 1.54) is 0 Å². The fourth-order valence-corrected chi connectivity index (χ4v) is 3.51. The summed E-state index contributed by atoms with van der Waals surface area (Å²) < 4.78 is 22.9. The van der Waals surface area contributed by atoms with Gasteiger partial charge in [0.25, 0.3) is 5.91 Å². The Morgan fingerprint density at radius 2 is 2.12 bits per heavy atom. The van der Waals surface area contributed by atoms with Crippen LogP contribution in [0.3, 0.4) is 0 Å². The van der Waals surface area contributed by atoms with E-state index >= 15 is 0 Å². The van der Waals surface area contributed by atoms with Gasteiger partial charge in [-0.3, -0.25) is 10.2 Å². The molecule has 1 aromatic heterocycles. The Morgan fingerprint density at radius 3 is 2.59 bits per heavy atom. The second-order valence-electron chi connectivity index (χ2n) is 3.39. The van der Waals surface area contributed by atoms with Gasteiger partial charge in [0.2, 0.25) is 0 Å². The maximum atomic E-state index is 11.5. The van der Waals surface area contributed by atoms with Gasteiger partial charge in [0.05, 0.1) is 5.69 Å². The highest BCUT2D eigenvalue weighted by Gasteiger charge is 2.19. The summed E-state index contributed by atoms with van der Waals surface area (Å²) in [5, 5.41) is 0.433. The molecule has 0 saturated carbocycles. The minimum absolute atomic E-state index is 0.0620. The molecule has 17 heavy (non-hydrogen) atoms. The highest BCUT2D eigenvalue weighted by atomic mass is 32.2. The molecule has 0 saturated heterocycles. The molecule has 0 radical (unpaired) electrons. The van der Waals surface area contributed by atoms with Gasteiger partial charge < -0.3 is 0 Å². The van der Waals surface area contributed by atoms with Crippen LogP contribution in [0.1, 0.15) is 34.2 Å². The molecule has 1 heterocycles. The van der Waals surface area contributed by atoms with Crippen LogP contribution in [0.25, 0.3) is 0 Å². The van der Waals surface area contributed by atoms with Gasteiger partial charge in [0.15, 0.2) is 9.84 Å². The van der Waals surface area contributed by atoms with Gasteiger partial charge in [0, 0.05) is 5.75 Å². The lowest BCUT2D eigenvalue weighted by Crippen LogP contribution is -2.30. The van der Waals surface area contributed by atoms with Crippen LogP contribution < -0.4 is 11.3 Å². The number of nitrogen functional groups attached to an aromatic ring is 1. The second kappa shape index (κ2) is 5.56. The van der Waals surface area contributed by atoms with Crippen molar-refractivity contribution in [2.24, 2.45) is 5.84 Å². The van der Waals surface area contributed by atoms with Crippen molar-refractivity contribution in [3.8, 4) is 0 Å². The number of nitrogens with two attached hydrogens (primary N) is 1. The Kier molecular flexibility index (Phi) is 4.61. The van der Waals surface area contributed by atoms with Crippen LogP contribution in [-0.2, 0) is 22.0 Å². The summed E-state index contributed by atoms with van der Waals surface area (Å²) >= 11 is 1.08. The topological polar surface area (TPSA) is 102 Å². The number of amides is 1. The average Bonchev–Trinajstić information content (AvgIpc) is 2.70. The van der Waals surface area contributed by atoms with Gasteiger partial charge in [-0.05, 0) is 6.42 Å². The summed E-state index contributed by atoms with van der Waals surface area (Å²) in [4.78, 5) is 16.0. The van der Waals surface area contributed by atoms with Gasteiger partial charge in [-0.1, -0.05) is 13.8 Å². The molecule has 0 spiro atoms. The molecule has 0 aliphatic rings. The lowest BCUT2D eigenvalue weighted by molar-refractivity contribution is 0.0956. The van der Waals surface area contributed by atoms with Crippen molar-refractivity contribution in [2.75, 3.05) is 5.75 Å². The maximum absolute atomic E-state index is 11.5. The third kappa shape index (κ3) is 3.48. The molecule has 1 aromatic rings. The molecule has 0 aromatic carbocycles. The number of aryl methyl sites for hydroxylation is 1. The second-order valence-corrected chi connectivity index (χ2v) is 6.82. The van der Waals surface area contributed by atoms with Gasteiger partial charge in [-0.15, -0.1) is 11.3 Å². The Labute approximate surface area is 104 Å². The number of carbonyl (C=O) groups excluding carboxylic acids is 1. The summed E-state index contributed by atoms with van der Waals surface area (Å²) in [5.74, 6) is 4.56. The van der Waals surface area contributed by atoms with Gasteiger partial charge in [-0.25, -0.2) is 19.2 Å². The Balaban J connectivity index is 3.05. The lowest BCUT2D eigenvalue weighted by atomic mass is 10.3. The van der Waals surface area contributed by atoms with Crippen molar-refractivity contribution in [3.63, 3.8) is 0 Å². The van der Waals surface area contributed by atoms with Crippen LogP contribution in [0.2, 0.25) is 0 Å². The molecule has 0 unspecified atom stereocenters. The molecular weight excluding hydrogens is 262 g/mol. The van der Waals surface area contributed by atoms with Crippen molar-refractivity contribution in [2.45, 2.75) is 26.0 Å². The Bertz CT molecular complexity index is 508. The largest absolute Gasteiger partial charge is 0.289 e. The number of nitrogens with zero attached hydrogens (tertiary/aromatic N) is 1.